The van der Waals surface area contributed by atoms with Crippen molar-refractivity contribution in [3.8, 4) is 0 Å². The van der Waals surface area contributed by atoms with E-state index < -0.39 is 0 Å². The molecule has 0 atom stereocenters. The third kappa shape index (κ3) is 1.31. The minimum atomic E-state index is 0.510. The Morgan fingerprint density at radius 3 is 2.85 bits per heavy atom. The second-order valence-corrected chi connectivity index (χ2v) is 3.48. The molecule has 0 saturated heterocycles. The number of imidazole rings is 1. The van der Waals surface area contributed by atoms with Gasteiger partial charge in [-0.3, -0.25) is 0 Å². The monoisotopic (exact) mass is 194 g/mol. The Morgan fingerprint density at radius 1 is 1.38 bits per heavy atom. The predicted octanol–water partition coefficient (Wildman–Crippen LogP) is 2.69. The fourth-order valence-corrected chi connectivity index (χ4v) is 1.80. The van der Waals surface area contributed by atoms with Crippen molar-refractivity contribution >= 4 is 17.2 Å². The lowest BCUT2D eigenvalue weighted by molar-refractivity contribution is 1.06. The fraction of sp³-hybridized carbons (Fsp3) is 0.300. The summed E-state index contributed by atoms with van der Waals surface area (Å²) >= 11 is 5.84. The number of hydrogen-bond acceptors (Lipinski definition) is 1. The van der Waals surface area contributed by atoms with Gasteiger partial charge in [-0.2, -0.15) is 0 Å². The summed E-state index contributed by atoms with van der Waals surface area (Å²) in [5.74, 6) is 0.510. The van der Waals surface area contributed by atoms with E-state index in [4.69, 9.17) is 11.6 Å². The van der Waals surface area contributed by atoms with Crippen molar-refractivity contribution in [1.82, 2.24) is 9.38 Å². The van der Waals surface area contributed by atoms with Crippen LogP contribution in [0.15, 0.2) is 18.3 Å². The Balaban J connectivity index is 2.80. The lowest BCUT2D eigenvalue weighted by Gasteiger charge is -1.99. The standard InChI is InChI=1S/C10H11ClN2/c1-7-3-4-10-12-8(2)9(5-11)13(10)6-7/h3-4,6H,5H2,1-2H3. The zero-order valence-electron chi connectivity index (χ0n) is 7.71. The second kappa shape index (κ2) is 3.04. The molecule has 0 bridgehead atoms. The number of fused-ring (bicyclic) bond motifs is 1. The van der Waals surface area contributed by atoms with Crippen molar-refractivity contribution < 1.29 is 0 Å². The lowest BCUT2D eigenvalue weighted by atomic mass is 10.3. The fourth-order valence-electron chi connectivity index (χ4n) is 1.48. The van der Waals surface area contributed by atoms with Crippen LogP contribution in [-0.4, -0.2) is 9.38 Å². The van der Waals surface area contributed by atoms with Crippen LogP contribution >= 0.6 is 11.6 Å². The van der Waals surface area contributed by atoms with Gasteiger partial charge in [0, 0.05) is 6.20 Å². The number of aromatic nitrogens is 2. The van der Waals surface area contributed by atoms with Gasteiger partial charge in [0.2, 0.25) is 0 Å². The summed E-state index contributed by atoms with van der Waals surface area (Å²) in [6.45, 7) is 4.05. The van der Waals surface area contributed by atoms with Gasteiger partial charge in [-0.1, -0.05) is 6.07 Å². The van der Waals surface area contributed by atoms with E-state index in [1.54, 1.807) is 0 Å². The van der Waals surface area contributed by atoms with Gasteiger partial charge in [-0.25, -0.2) is 4.98 Å². The Bertz CT molecular complexity index is 445. The maximum absolute atomic E-state index is 5.84. The molecule has 2 aromatic rings. The summed E-state index contributed by atoms with van der Waals surface area (Å²) in [7, 11) is 0. The molecule has 3 heteroatoms. The minimum absolute atomic E-state index is 0.510. The molecule has 0 aliphatic rings. The van der Waals surface area contributed by atoms with E-state index in [-0.39, 0.29) is 0 Å². The summed E-state index contributed by atoms with van der Waals surface area (Å²) in [6, 6.07) is 4.07. The summed E-state index contributed by atoms with van der Waals surface area (Å²) in [5, 5.41) is 0. The summed E-state index contributed by atoms with van der Waals surface area (Å²) < 4.78 is 2.05. The number of pyridine rings is 1. The lowest BCUT2D eigenvalue weighted by Crippen LogP contribution is -1.91. The van der Waals surface area contributed by atoms with Gasteiger partial charge in [0.05, 0.1) is 17.3 Å². The smallest absolute Gasteiger partial charge is 0.137 e. The number of rotatable bonds is 1. The highest BCUT2D eigenvalue weighted by Crippen LogP contribution is 2.14. The maximum Gasteiger partial charge on any atom is 0.137 e. The number of halogens is 1. The predicted molar refractivity (Wildman–Crippen MR) is 54.2 cm³/mol. The maximum atomic E-state index is 5.84. The quantitative estimate of drug-likeness (QED) is 0.638. The number of nitrogens with zero attached hydrogens (tertiary/aromatic N) is 2. The molecule has 0 N–H and O–H groups in total. The number of alkyl halides is 1. The first-order chi connectivity index (χ1) is 6.22. The first-order valence-electron chi connectivity index (χ1n) is 4.22. The molecule has 0 aliphatic carbocycles. The molecule has 2 heterocycles. The molecule has 0 amide bonds. The van der Waals surface area contributed by atoms with Crippen molar-refractivity contribution in [1.29, 1.82) is 0 Å². The molecule has 68 valence electrons. The van der Waals surface area contributed by atoms with Crippen LogP contribution < -0.4 is 0 Å². The van der Waals surface area contributed by atoms with Gasteiger partial charge in [-0.05, 0) is 25.5 Å². The van der Waals surface area contributed by atoms with Crippen LogP contribution in [0.4, 0.5) is 0 Å². The van der Waals surface area contributed by atoms with E-state index in [1.165, 1.54) is 5.56 Å². The van der Waals surface area contributed by atoms with Crippen LogP contribution in [0, 0.1) is 13.8 Å². The van der Waals surface area contributed by atoms with Crippen LogP contribution in [0.3, 0.4) is 0 Å². The van der Waals surface area contributed by atoms with E-state index in [0.717, 1.165) is 17.0 Å². The number of aryl methyl sites for hydroxylation is 2. The normalized spacial score (nSPS) is 11.0. The van der Waals surface area contributed by atoms with Gasteiger partial charge < -0.3 is 4.40 Å². The summed E-state index contributed by atoms with van der Waals surface area (Å²) in [4.78, 5) is 4.40. The van der Waals surface area contributed by atoms with Gasteiger partial charge in [-0.15, -0.1) is 11.6 Å². The second-order valence-electron chi connectivity index (χ2n) is 3.21. The Labute approximate surface area is 82.2 Å². The van der Waals surface area contributed by atoms with E-state index >= 15 is 0 Å². The molecule has 0 fully saturated rings. The zero-order valence-corrected chi connectivity index (χ0v) is 8.47. The van der Waals surface area contributed by atoms with Crippen molar-refractivity contribution in [2.75, 3.05) is 0 Å². The highest BCUT2D eigenvalue weighted by molar-refractivity contribution is 6.17. The molecule has 0 aromatic carbocycles. The SMILES string of the molecule is Cc1ccc2nc(C)c(CCl)n2c1. The molecule has 0 unspecified atom stereocenters. The molecule has 2 rings (SSSR count). The van der Waals surface area contributed by atoms with Gasteiger partial charge >= 0.3 is 0 Å². The molecule has 0 radical (unpaired) electrons. The van der Waals surface area contributed by atoms with Crippen LogP contribution in [0.1, 0.15) is 17.0 Å². The molecule has 13 heavy (non-hydrogen) atoms. The third-order valence-corrected chi connectivity index (χ3v) is 2.45. The zero-order chi connectivity index (χ0) is 9.42. The van der Waals surface area contributed by atoms with Crippen LogP contribution in [0.5, 0.6) is 0 Å². The third-order valence-electron chi connectivity index (χ3n) is 2.19. The first kappa shape index (κ1) is 8.57. The molecular formula is C10H11ClN2. The van der Waals surface area contributed by atoms with E-state index in [2.05, 4.69) is 28.6 Å². The van der Waals surface area contributed by atoms with Crippen molar-refractivity contribution in [3.63, 3.8) is 0 Å². The Hall–Kier alpha value is -1.02. The number of hydrogen-bond donors (Lipinski definition) is 0. The van der Waals surface area contributed by atoms with E-state index in [0.29, 0.717) is 5.88 Å². The van der Waals surface area contributed by atoms with Crippen molar-refractivity contribution in [2.45, 2.75) is 19.7 Å². The van der Waals surface area contributed by atoms with Crippen LogP contribution in [0.2, 0.25) is 0 Å². The van der Waals surface area contributed by atoms with Crippen molar-refractivity contribution in [2.24, 2.45) is 0 Å². The largest absolute Gasteiger partial charge is 0.302 e. The summed E-state index contributed by atoms with van der Waals surface area (Å²) in [5.41, 5.74) is 4.29. The molecule has 0 aliphatic heterocycles. The highest BCUT2D eigenvalue weighted by Gasteiger charge is 2.06. The highest BCUT2D eigenvalue weighted by atomic mass is 35.5. The van der Waals surface area contributed by atoms with Crippen molar-refractivity contribution in [3.05, 3.63) is 35.3 Å². The van der Waals surface area contributed by atoms with Crippen LogP contribution in [-0.2, 0) is 5.88 Å². The average molecular weight is 195 g/mol. The molecular weight excluding hydrogens is 184 g/mol. The Morgan fingerprint density at radius 2 is 2.15 bits per heavy atom. The minimum Gasteiger partial charge on any atom is -0.302 e. The van der Waals surface area contributed by atoms with Gasteiger partial charge in [0.15, 0.2) is 0 Å². The van der Waals surface area contributed by atoms with Gasteiger partial charge in [0.25, 0.3) is 0 Å². The Kier molecular flexibility index (Phi) is 2.00. The topological polar surface area (TPSA) is 17.3 Å². The van der Waals surface area contributed by atoms with E-state index in [1.807, 2.05) is 13.0 Å². The molecule has 0 saturated carbocycles. The molecule has 2 aromatic heterocycles. The average Bonchev–Trinajstić information content (AvgIpc) is 2.40. The summed E-state index contributed by atoms with van der Waals surface area (Å²) in [6.07, 6.45) is 2.06. The molecule has 2 nitrogen and oxygen atoms in total. The van der Waals surface area contributed by atoms with Gasteiger partial charge in [0.1, 0.15) is 5.65 Å². The van der Waals surface area contributed by atoms with Crippen LogP contribution in [0.25, 0.3) is 5.65 Å². The molecule has 0 spiro atoms. The first-order valence-corrected chi connectivity index (χ1v) is 4.76. The van der Waals surface area contributed by atoms with E-state index in [9.17, 15) is 0 Å².